The summed E-state index contributed by atoms with van der Waals surface area (Å²) in [7, 11) is 1.63. The van der Waals surface area contributed by atoms with E-state index in [-0.39, 0.29) is 11.8 Å². The molecule has 0 saturated heterocycles. The fourth-order valence-electron chi connectivity index (χ4n) is 3.74. The highest BCUT2D eigenvalue weighted by Crippen LogP contribution is 2.57. The molecule has 21 heavy (non-hydrogen) atoms. The van der Waals surface area contributed by atoms with E-state index >= 15 is 0 Å². The first-order valence-electron chi connectivity index (χ1n) is 7.68. The van der Waals surface area contributed by atoms with Gasteiger partial charge < -0.3 is 9.84 Å². The summed E-state index contributed by atoms with van der Waals surface area (Å²) in [6.45, 7) is 0. The molecule has 2 aliphatic carbocycles. The maximum Gasteiger partial charge on any atom is 0.304 e. The summed E-state index contributed by atoms with van der Waals surface area (Å²) < 4.78 is 5.57. The molecule has 0 heterocycles. The normalized spacial score (nSPS) is 19.5. The number of ether oxygens (including phenoxy) is 1. The Kier molecular flexibility index (Phi) is 3.87. The molecular weight excluding hydrogens is 288 g/mol. The summed E-state index contributed by atoms with van der Waals surface area (Å²) in [6, 6.07) is 2.03. The number of benzene rings is 1. The second-order valence-corrected chi connectivity index (χ2v) is 6.72. The maximum atomic E-state index is 11.3. The van der Waals surface area contributed by atoms with Crippen LogP contribution >= 0.6 is 11.6 Å². The highest BCUT2D eigenvalue weighted by molar-refractivity contribution is 6.32. The predicted octanol–water partition coefficient (Wildman–Crippen LogP) is 4.12. The Labute approximate surface area is 130 Å². The summed E-state index contributed by atoms with van der Waals surface area (Å²) in [5, 5.41) is 9.90. The van der Waals surface area contributed by atoms with Crippen molar-refractivity contribution in [1.29, 1.82) is 0 Å². The third kappa shape index (κ3) is 2.64. The Morgan fingerprint density at radius 3 is 2.67 bits per heavy atom. The Bertz CT molecular complexity index is 576. The van der Waals surface area contributed by atoms with Crippen molar-refractivity contribution in [3.63, 3.8) is 0 Å². The van der Waals surface area contributed by atoms with E-state index in [1.54, 1.807) is 7.11 Å². The van der Waals surface area contributed by atoms with E-state index in [2.05, 4.69) is 0 Å². The Balaban J connectivity index is 2.17. The number of fused-ring (bicyclic) bond motifs is 1. The zero-order chi connectivity index (χ0) is 15.0. The summed E-state index contributed by atoms with van der Waals surface area (Å²) in [5.41, 5.74) is 3.45. The molecule has 1 aromatic carbocycles. The largest absolute Gasteiger partial charge is 0.495 e. The summed E-state index contributed by atoms with van der Waals surface area (Å²) in [5.74, 6) is -0.0343. The fourth-order valence-corrected chi connectivity index (χ4v) is 4.04. The van der Waals surface area contributed by atoms with E-state index in [0.717, 1.165) is 37.7 Å². The lowest BCUT2D eigenvalue weighted by atomic mass is 9.83. The maximum absolute atomic E-state index is 11.3. The quantitative estimate of drug-likeness (QED) is 0.851. The standard InChI is InChI=1S/C17H21ClO3/c1-21-16-13(18)9-11-5-3-2-4-6-12(11)15(16)17(7-8-17)10-14(19)20/h9H,2-8,10H2,1H3,(H,19,20). The van der Waals surface area contributed by atoms with E-state index in [1.165, 1.54) is 24.0 Å². The van der Waals surface area contributed by atoms with Crippen LogP contribution in [0.15, 0.2) is 6.07 Å². The lowest BCUT2D eigenvalue weighted by Gasteiger charge is -2.24. The second kappa shape index (κ2) is 5.53. The van der Waals surface area contributed by atoms with Crippen LogP contribution in [0.5, 0.6) is 5.75 Å². The van der Waals surface area contributed by atoms with Gasteiger partial charge in [0.1, 0.15) is 5.75 Å². The molecule has 0 spiro atoms. The lowest BCUT2D eigenvalue weighted by Crippen LogP contribution is -2.18. The fraction of sp³-hybridized carbons (Fsp3) is 0.588. The number of hydrogen-bond donors (Lipinski definition) is 1. The molecule has 0 radical (unpaired) electrons. The number of rotatable bonds is 4. The predicted molar refractivity (Wildman–Crippen MR) is 82.4 cm³/mol. The SMILES string of the molecule is COc1c(Cl)cc2c(c1C1(CC(=O)O)CC1)CCCCC2. The third-order valence-corrected chi connectivity index (χ3v) is 5.17. The van der Waals surface area contributed by atoms with Crippen LogP contribution in [-0.2, 0) is 23.1 Å². The number of aliphatic carboxylic acids is 1. The molecule has 1 fully saturated rings. The molecule has 114 valence electrons. The minimum atomic E-state index is -0.739. The van der Waals surface area contributed by atoms with Crippen molar-refractivity contribution in [1.82, 2.24) is 0 Å². The number of carboxylic acid groups (broad SMARTS) is 1. The molecule has 0 aromatic heterocycles. The molecule has 0 bridgehead atoms. The zero-order valence-corrected chi connectivity index (χ0v) is 13.1. The second-order valence-electron chi connectivity index (χ2n) is 6.32. The lowest BCUT2D eigenvalue weighted by molar-refractivity contribution is -0.137. The molecule has 0 atom stereocenters. The van der Waals surface area contributed by atoms with Gasteiger partial charge >= 0.3 is 5.97 Å². The first kappa shape index (κ1) is 14.7. The molecule has 1 saturated carbocycles. The van der Waals surface area contributed by atoms with Crippen molar-refractivity contribution in [3.8, 4) is 5.75 Å². The number of halogens is 1. The van der Waals surface area contributed by atoms with Crippen LogP contribution in [0.3, 0.4) is 0 Å². The van der Waals surface area contributed by atoms with Crippen LogP contribution in [0.4, 0.5) is 0 Å². The smallest absolute Gasteiger partial charge is 0.304 e. The minimum Gasteiger partial charge on any atom is -0.495 e. The van der Waals surface area contributed by atoms with Gasteiger partial charge in [-0.2, -0.15) is 0 Å². The summed E-state index contributed by atoms with van der Waals surface area (Å²) >= 11 is 6.42. The molecule has 0 amide bonds. The van der Waals surface area contributed by atoms with Crippen LogP contribution in [0.2, 0.25) is 5.02 Å². The summed E-state index contributed by atoms with van der Waals surface area (Å²) in [4.78, 5) is 11.3. The number of hydrogen-bond acceptors (Lipinski definition) is 2. The van der Waals surface area contributed by atoms with Crippen molar-refractivity contribution in [2.75, 3.05) is 7.11 Å². The van der Waals surface area contributed by atoms with Crippen LogP contribution in [-0.4, -0.2) is 18.2 Å². The average molecular weight is 309 g/mol. The van der Waals surface area contributed by atoms with Crippen LogP contribution in [0.25, 0.3) is 0 Å². The van der Waals surface area contributed by atoms with Gasteiger partial charge in [0.05, 0.1) is 18.6 Å². The molecule has 3 nitrogen and oxygen atoms in total. The Morgan fingerprint density at radius 1 is 1.33 bits per heavy atom. The van der Waals surface area contributed by atoms with Gasteiger partial charge in [-0.05, 0) is 55.7 Å². The minimum absolute atomic E-state index is 0.177. The van der Waals surface area contributed by atoms with Crippen molar-refractivity contribution in [3.05, 3.63) is 27.8 Å². The van der Waals surface area contributed by atoms with Gasteiger partial charge in [0, 0.05) is 11.0 Å². The molecule has 2 aliphatic rings. The molecule has 0 aliphatic heterocycles. The first-order chi connectivity index (χ1) is 10.1. The summed E-state index contributed by atoms with van der Waals surface area (Å²) in [6.07, 6.45) is 7.63. The molecule has 1 N–H and O–H groups in total. The van der Waals surface area contributed by atoms with Crippen molar-refractivity contribution < 1.29 is 14.6 Å². The number of methoxy groups -OCH3 is 1. The monoisotopic (exact) mass is 308 g/mol. The van der Waals surface area contributed by atoms with Crippen LogP contribution < -0.4 is 4.74 Å². The van der Waals surface area contributed by atoms with Gasteiger partial charge in [0.15, 0.2) is 0 Å². The Morgan fingerprint density at radius 2 is 2.05 bits per heavy atom. The molecular formula is C17H21ClO3. The van der Waals surface area contributed by atoms with Gasteiger partial charge in [0.2, 0.25) is 0 Å². The third-order valence-electron chi connectivity index (χ3n) is 4.88. The Hall–Kier alpha value is -1.22. The zero-order valence-electron chi connectivity index (χ0n) is 12.4. The molecule has 4 heteroatoms. The topological polar surface area (TPSA) is 46.5 Å². The van der Waals surface area contributed by atoms with Gasteiger partial charge in [-0.25, -0.2) is 0 Å². The highest BCUT2D eigenvalue weighted by atomic mass is 35.5. The van der Waals surface area contributed by atoms with Gasteiger partial charge in [-0.1, -0.05) is 18.0 Å². The number of carboxylic acids is 1. The molecule has 3 rings (SSSR count). The van der Waals surface area contributed by atoms with Gasteiger partial charge in [-0.15, -0.1) is 0 Å². The number of carbonyl (C=O) groups is 1. The van der Waals surface area contributed by atoms with Crippen molar-refractivity contribution in [2.45, 2.75) is 56.8 Å². The molecule has 1 aromatic rings. The van der Waals surface area contributed by atoms with Crippen molar-refractivity contribution >= 4 is 17.6 Å². The van der Waals surface area contributed by atoms with E-state index in [0.29, 0.717) is 10.8 Å². The van der Waals surface area contributed by atoms with Gasteiger partial charge in [-0.3, -0.25) is 4.79 Å². The highest BCUT2D eigenvalue weighted by Gasteiger charge is 2.49. The average Bonchev–Trinajstić information content (AvgIpc) is 3.21. The van der Waals surface area contributed by atoms with E-state index in [9.17, 15) is 9.90 Å². The van der Waals surface area contributed by atoms with E-state index < -0.39 is 5.97 Å². The van der Waals surface area contributed by atoms with Crippen LogP contribution in [0.1, 0.15) is 55.2 Å². The van der Waals surface area contributed by atoms with E-state index in [1.807, 2.05) is 6.07 Å². The first-order valence-corrected chi connectivity index (χ1v) is 8.06. The van der Waals surface area contributed by atoms with Crippen molar-refractivity contribution in [2.24, 2.45) is 0 Å². The van der Waals surface area contributed by atoms with Crippen LogP contribution in [0, 0.1) is 0 Å². The van der Waals surface area contributed by atoms with E-state index in [4.69, 9.17) is 16.3 Å². The van der Waals surface area contributed by atoms with Gasteiger partial charge in [0.25, 0.3) is 0 Å². The molecule has 0 unspecified atom stereocenters. The number of aryl methyl sites for hydroxylation is 1.